The summed E-state index contributed by atoms with van der Waals surface area (Å²) >= 11 is 3.37. The molecule has 1 aromatic carbocycles. The van der Waals surface area contributed by atoms with Crippen LogP contribution >= 0.6 is 23.1 Å². The van der Waals surface area contributed by atoms with Gasteiger partial charge >= 0.3 is 0 Å². The molecule has 1 aliphatic rings. The highest BCUT2D eigenvalue weighted by Gasteiger charge is 2.19. The van der Waals surface area contributed by atoms with Crippen LogP contribution in [0.5, 0.6) is 0 Å². The van der Waals surface area contributed by atoms with Crippen LogP contribution in [-0.4, -0.2) is 24.7 Å². The Morgan fingerprint density at radius 1 is 1.14 bits per heavy atom. The highest BCUT2D eigenvalue weighted by molar-refractivity contribution is 7.98. The number of nitrogen functional groups attached to an aromatic ring is 1. The van der Waals surface area contributed by atoms with Crippen molar-refractivity contribution in [1.29, 1.82) is 0 Å². The lowest BCUT2D eigenvalue weighted by atomic mass is 10.1. The average Bonchev–Trinajstić information content (AvgIpc) is 3.25. The molecule has 0 saturated heterocycles. The van der Waals surface area contributed by atoms with E-state index in [-0.39, 0.29) is 0 Å². The molecule has 3 heterocycles. The molecular weight excluding hydrogens is 400 g/mol. The maximum absolute atomic E-state index is 6.38. The molecule has 3 aromatic heterocycles. The number of thiophene rings is 1. The van der Waals surface area contributed by atoms with Crippen LogP contribution in [0.1, 0.15) is 41.1 Å². The first-order valence-corrected chi connectivity index (χ1v) is 11.7. The van der Waals surface area contributed by atoms with Gasteiger partial charge in [-0.05, 0) is 49.8 Å². The number of hydrogen-bond donors (Lipinski definition) is 1. The van der Waals surface area contributed by atoms with Crippen molar-refractivity contribution in [2.45, 2.75) is 49.9 Å². The number of benzene rings is 1. The van der Waals surface area contributed by atoms with E-state index in [9.17, 15) is 0 Å². The molecule has 0 radical (unpaired) electrons. The first kappa shape index (κ1) is 18.6. The van der Waals surface area contributed by atoms with E-state index in [1.54, 1.807) is 29.4 Å². The van der Waals surface area contributed by atoms with Crippen molar-refractivity contribution >= 4 is 39.1 Å². The first-order valence-electron chi connectivity index (χ1n) is 9.86. The van der Waals surface area contributed by atoms with E-state index in [4.69, 9.17) is 10.7 Å². The molecule has 0 amide bonds. The molecule has 0 unspecified atom stereocenters. The molecule has 2 N–H and O–H groups in total. The molecule has 148 valence electrons. The number of aryl methyl sites for hydroxylation is 3. The van der Waals surface area contributed by atoms with Gasteiger partial charge in [0.1, 0.15) is 22.8 Å². The standard InChI is InChI=1S/C21H22N6S2/c1-13-7-5-6-9-15(13)27-12-23-26-21(27)28-11-17-24-19(22)18-14-8-3-2-4-10-16(14)29-20(18)25-17/h5-7,9,12H,2-4,8,10-11H2,1H3,(H2,22,24,25). The molecule has 8 heteroatoms. The van der Waals surface area contributed by atoms with E-state index in [0.29, 0.717) is 11.6 Å². The third-order valence-electron chi connectivity index (χ3n) is 5.36. The zero-order valence-electron chi connectivity index (χ0n) is 16.3. The molecule has 0 atom stereocenters. The van der Waals surface area contributed by atoms with Crippen LogP contribution < -0.4 is 5.73 Å². The quantitative estimate of drug-likeness (QED) is 0.378. The minimum absolute atomic E-state index is 0.604. The Kier molecular flexibility index (Phi) is 4.97. The Balaban J connectivity index is 1.43. The Bertz CT molecular complexity index is 1180. The number of para-hydroxylation sites is 1. The van der Waals surface area contributed by atoms with Crippen molar-refractivity contribution in [3.63, 3.8) is 0 Å². The number of nitrogens with two attached hydrogens (primary N) is 1. The number of anilines is 1. The average molecular weight is 423 g/mol. The zero-order chi connectivity index (χ0) is 19.8. The van der Waals surface area contributed by atoms with E-state index < -0.39 is 0 Å². The van der Waals surface area contributed by atoms with Crippen LogP contribution in [0.4, 0.5) is 5.82 Å². The number of nitrogens with zero attached hydrogens (tertiary/aromatic N) is 5. The summed E-state index contributed by atoms with van der Waals surface area (Å²) in [5.74, 6) is 1.97. The molecule has 1 aliphatic carbocycles. The van der Waals surface area contributed by atoms with Crippen molar-refractivity contribution in [3.8, 4) is 5.69 Å². The third kappa shape index (κ3) is 3.51. The van der Waals surface area contributed by atoms with E-state index in [1.807, 2.05) is 16.7 Å². The molecule has 0 aliphatic heterocycles. The molecular formula is C21H22N6S2. The second kappa shape index (κ2) is 7.76. The minimum Gasteiger partial charge on any atom is -0.383 e. The van der Waals surface area contributed by atoms with Crippen LogP contribution in [0.2, 0.25) is 0 Å². The Morgan fingerprint density at radius 2 is 2.00 bits per heavy atom. The number of rotatable bonds is 4. The van der Waals surface area contributed by atoms with Gasteiger partial charge in [0.15, 0.2) is 5.16 Å². The summed E-state index contributed by atoms with van der Waals surface area (Å²) in [4.78, 5) is 11.9. The molecule has 29 heavy (non-hydrogen) atoms. The lowest BCUT2D eigenvalue weighted by molar-refractivity contribution is 0.713. The summed E-state index contributed by atoms with van der Waals surface area (Å²) in [5.41, 5.74) is 10.0. The summed E-state index contributed by atoms with van der Waals surface area (Å²) < 4.78 is 2.01. The van der Waals surface area contributed by atoms with Crippen molar-refractivity contribution in [1.82, 2.24) is 24.7 Å². The van der Waals surface area contributed by atoms with Crippen molar-refractivity contribution in [2.24, 2.45) is 0 Å². The third-order valence-corrected chi connectivity index (χ3v) is 7.49. The Hall–Kier alpha value is -2.45. The van der Waals surface area contributed by atoms with Gasteiger partial charge in [0, 0.05) is 4.88 Å². The summed E-state index contributed by atoms with van der Waals surface area (Å²) in [6, 6.07) is 8.21. The van der Waals surface area contributed by atoms with Gasteiger partial charge in [-0.1, -0.05) is 36.4 Å². The second-order valence-electron chi connectivity index (χ2n) is 7.33. The molecule has 0 saturated carbocycles. The van der Waals surface area contributed by atoms with E-state index >= 15 is 0 Å². The maximum Gasteiger partial charge on any atom is 0.196 e. The summed E-state index contributed by atoms with van der Waals surface area (Å²) in [6.45, 7) is 2.09. The van der Waals surface area contributed by atoms with E-state index in [1.165, 1.54) is 35.3 Å². The SMILES string of the molecule is Cc1ccccc1-n1cnnc1SCc1nc(N)c2c3c(sc2n1)CCCCC3. The summed E-state index contributed by atoms with van der Waals surface area (Å²) in [6.07, 6.45) is 7.75. The van der Waals surface area contributed by atoms with Gasteiger partial charge < -0.3 is 5.73 Å². The van der Waals surface area contributed by atoms with Gasteiger partial charge in [-0.2, -0.15) is 0 Å². The van der Waals surface area contributed by atoms with Crippen LogP contribution in [0.25, 0.3) is 15.9 Å². The Labute approximate surface area is 177 Å². The molecule has 0 bridgehead atoms. The fourth-order valence-electron chi connectivity index (χ4n) is 3.92. The minimum atomic E-state index is 0.604. The van der Waals surface area contributed by atoms with Gasteiger partial charge in [0.2, 0.25) is 0 Å². The van der Waals surface area contributed by atoms with E-state index in [2.05, 4.69) is 34.2 Å². The summed E-state index contributed by atoms with van der Waals surface area (Å²) in [7, 11) is 0. The van der Waals surface area contributed by atoms with Crippen LogP contribution in [0.3, 0.4) is 0 Å². The zero-order valence-corrected chi connectivity index (χ0v) is 17.9. The second-order valence-corrected chi connectivity index (χ2v) is 9.35. The highest BCUT2D eigenvalue weighted by atomic mass is 32.2. The molecule has 0 fully saturated rings. The number of hydrogen-bond acceptors (Lipinski definition) is 7. The normalized spacial score (nSPS) is 14.1. The molecule has 4 aromatic rings. The highest BCUT2D eigenvalue weighted by Crippen LogP contribution is 2.37. The lowest BCUT2D eigenvalue weighted by Crippen LogP contribution is -2.01. The van der Waals surface area contributed by atoms with Crippen molar-refractivity contribution < 1.29 is 0 Å². The van der Waals surface area contributed by atoms with Crippen LogP contribution in [0.15, 0.2) is 35.7 Å². The van der Waals surface area contributed by atoms with Crippen molar-refractivity contribution in [3.05, 3.63) is 52.4 Å². The van der Waals surface area contributed by atoms with Gasteiger partial charge in [-0.25, -0.2) is 9.97 Å². The predicted octanol–water partition coefficient (Wildman–Crippen LogP) is 4.72. The lowest BCUT2D eigenvalue weighted by Gasteiger charge is -2.09. The van der Waals surface area contributed by atoms with Gasteiger partial charge in [0.25, 0.3) is 0 Å². The fourth-order valence-corrected chi connectivity index (χ4v) is 5.99. The Morgan fingerprint density at radius 3 is 2.90 bits per heavy atom. The summed E-state index contributed by atoms with van der Waals surface area (Å²) in [5, 5.41) is 10.3. The maximum atomic E-state index is 6.38. The van der Waals surface area contributed by atoms with E-state index in [0.717, 1.165) is 39.7 Å². The van der Waals surface area contributed by atoms with Gasteiger partial charge in [-0.15, -0.1) is 21.5 Å². The topological polar surface area (TPSA) is 82.5 Å². The number of aromatic nitrogens is 5. The number of thioether (sulfide) groups is 1. The van der Waals surface area contributed by atoms with Crippen LogP contribution in [0, 0.1) is 6.92 Å². The number of fused-ring (bicyclic) bond motifs is 3. The predicted molar refractivity (Wildman–Crippen MR) is 119 cm³/mol. The molecule has 5 rings (SSSR count). The fraction of sp³-hybridized carbons (Fsp3) is 0.333. The van der Waals surface area contributed by atoms with Crippen molar-refractivity contribution in [2.75, 3.05) is 5.73 Å². The molecule has 6 nitrogen and oxygen atoms in total. The largest absolute Gasteiger partial charge is 0.383 e. The molecule has 0 spiro atoms. The first-order chi connectivity index (χ1) is 14.2. The van der Waals surface area contributed by atoms with Gasteiger partial charge in [-0.3, -0.25) is 4.57 Å². The van der Waals surface area contributed by atoms with Gasteiger partial charge in [0.05, 0.1) is 16.8 Å². The monoisotopic (exact) mass is 422 g/mol. The smallest absolute Gasteiger partial charge is 0.196 e. The van der Waals surface area contributed by atoms with Crippen LogP contribution in [-0.2, 0) is 18.6 Å².